The van der Waals surface area contributed by atoms with E-state index >= 15 is 0 Å². The molecular formula is C18H25NO5S. The first-order chi connectivity index (χ1) is 11.5. The molecule has 1 aliphatic rings. The first kappa shape index (κ1) is 19.5. The van der Waals surface area contributed by atoms with Crippen LogP contribution < -0.4 is 4.90 Å². The van der Waals surface area contributed by atoms with Crippen LogP contribution in [0.2, 0.25) is 0 Å². The van der Waals surface area contributed by atoms with E-state index in [1.165, 1.54) is 0 Å². The maximum Gasteiger partial charge on any atom is 0.303 e. The van der Waals surface area contributed by atoms with Crippen molar-refractivity contribution in [1.82, 2.24) is 0 Å². The van der Waals surface area contributed by atoms with Crippen LogP contribution in [0.15, 0.2) is 30.5 Å². The third kappa shape index (κ3) is 4.61. The summed E-state index contributed by atoms with van der Waals surface area (Å²) in [7, 11) is -3.95. The summed E-state index contributed by atoms with van der Waals surface area (Å²) in [5.74, 6) is -1.10. The van der Waals surface area contributed by atoms with E-state index in [0.717, 1.165) is 16.8 Å². The van der Waals surface area contributed by atoms with E-state index in [1.54, 1.807) is 6.08 Å². The maximum atomic E-state index is 10.8. The molecule has 0 spiro atoms. The molecule has 0 bridgehead atoms. The second-order valence-corrected chi connectivity index (χ2v) is 8.58. The number of benzene rings is 1. The van der Waals surface area contributed by atoms with Gasteiger partial charge in [-0.2, -0.15) is 8.42 Å². The molecule has 0 fully saturated rings. The standard InChI is InChI=1S/C18H25NO5S/c1-13-18(2,3)15-12-14(7-9-17(20)21)6-8-16(15)19(13)10-4-5-11-25(22,23)24/h4,6,8,10,12-13H,5,7,9,11H2,1-3H3,(H,20,21)(H,22,23,24)/b10-4+. The molecule has 0 aliphatic carbocycles. The van der Waals surface area contributed by atoms with Crippen LogP contribution in [0.5, 0.6) is 0 Å². The molecular weight excluding hydrogens is 342 g/mol. The van der Waals surface area contributed by atoms with Gasteiger partial charge in [-0.3, -0.25) is 9.35 Å². The van der Waals surface area contributed by atoms with E-state index < -0.39 is 16.1 Å². The summed E-state index contributed by atoms with van der Waals surface area (Å²) in [5, 5.41) is 8.85. The van der Waals surface area contributed by atoms with Crippen molar-refractivity contribution in [2.24, 2.45) is 0 Å². The molecule has 6 nitrogen and oxygen atoms in total. The second kappa shape index (κ2) is 7.17. The minimum absolute atomic E-state index is 0.105. The fourth-order valence-corrected chi connectivity index (χ4v) is 3.56. The Bertz CT molecular complexity index is 783. The molecule has 2 rings (SSSR count). The molecule has 0 amide bonds. The summed E-state index contributed by atoms with van der Waals surface area (Å²) < 4.78 is 30.4. The number of carbonyl (C=O) groups is 1. The maximum absolute atomic E-state index is 10.8. The number of nitrogens with zero attached hydrogens (tertiary/aromatic N) is 1. The number of anilines is 1. The predicted octanol–water partition coefficient (Wildman–Crippen LogP) is 2.98. The summed E-state index contributed by atoms with van der Waals surface area (Å²) in [5.41, 5.74) is 3.07. The van der Waals surface area contributed by atoms with Crippen LogP contribution in [-0.2, 0) is 26.7 Å². The highest BCUT2D eigenvalue weighted by Gasteiger charge is 2.41. The highest BCUT2D eigenvalue weighted by Crippen LogP contribution is 2.45. The number of allylic oxidation sites excluding steroid dienone is 1. The Kier molecular flexibility index (Phi) is 5.58. The molecule has 7 heteroatoms. The van der Waals surface area contributed by atoms with Gasteiger partial charge in [0.05, 0.1) is 5.75 Å². The van der Waals surface area contributed by atoms with Crippen molar-refractivity contribution in [3.05, 3.63) is 41.6 Å². The Morgan fingerprint density at radius 2 is 2.04 bits per heavy atom. The topological polar surface area (TPSA) is 94.9 Å². The fourth-order valence-electron chi connectivity index (χ4n) is 3.13. The molecule has 1 unspecified atom stereocenters. The molecule has 1 aromatic carbocycles. The largest absolute Gasteiger partial charge is 0.481 e. The van der Waals surface area contributed by atoms with Crippen LogP contribution in [-0.4, -0.2) is 35.8 Å². The summed E-state index contributed by atoms with van der Waals surface area (Å²) in [6.45, 7) is 6.39. The molecule has 0 saturated carbocycles. The Balaban J connectivity index is 2.23. The molecule has 25 heavy (non-hydrogen) atoms. The number of aryl methyl sites for hydroxylation is 1. The number of carboxylic acid groups (broad SMARTS) is 1. The normalized spacial score (nSPS) is 19.4. The number of rotatable bonds is 7. The number of fused-ring (bicyclic) bond motifs is 1. The molecule has 0 saturated heterocycles. The van der Waals surface area contributed by atoms with Crippen molar-refractivity contribution in [3.8, 4) is 0 Å². The van der Waals surface area contributed by atoms with Gasteiger partial charge in [0.25, 0.3) is 10.1 Å². The van der Waals surface area contributed by atoms with Gasteiger partial charge in [0.15, 0.2) is 0 Å². The smallest absolute Gasteiger partial charge is 0.303 e. The van der Waals surface area contributed by atoms with Gasteiger partial charge in [0.1, 0.15) is 0 Å². The van der Waals surface area contributed by atoms with Crippen molar-refractivity contribution in [1.29, 1.82) is 0 Å². The number of hydrogen-bond donors (Lipinski definition) is 2. The lowest BCUT2D eigenvalue weighted by atomic mass is 9.80. The summed E-state index contributed by atoms with van der Waals surface area (Å²) in [6, 6.07) is 6.17. The average Bonchev–Trinajstić information content (AvgIpc) is 2.69. The van der Waals surface area contributed by atoms with Gasteiger partial charge in [0, 0.05) is 29.8 Å². The summed E-state index contributed by atoms with van der Waals surface area (Å²) in [6.07, 6.45) is 4.45. The van der Waals surface area contributed by atoms with Crippen LogP contribution >= 0.6 is 0 Å². The minimum Gasteiger partial charge on any atom is -0.481 e. The van der Waals surface area contributed by atoms with E-state index in [2.05, 4.69) is 31.7 Å². The Labute approximate surface area is 148 Å². The van der Waals surface area contributed by atoms with Crippen LogP contribution in [0, 0.1) is 0 Å². The molecule has 1 atom stereocenters. The Morgan fingerprint density at radius 3 is 2.64 bits per heavy atom. The van der Waals surface area contributed by atoms with Crippen molar-refractivity contribution in [2.45, 2.75) is 51.5 Å². The number of aliphatic carboxylic acids is 1. The Morgan fingerprint density at radius 1 is 1.36 bits per heavy atom. The molecule has 0 radical (unpaired) electrons. The molecule has 2 N–H and O–H groups in total. The summed E-state index contributed by atoms with van der Waals surface area (Å²) in [4.78, 5) is 12.9. The zero-order valence-corrected chi connectivity index (χ0v) is 15.6. The molecule has 1 aliphatic heterocycles. The van der Waals surface area contributed by atoms with Crippen LogP contribution in [0.4, 0.5) is 5.69 Å². The van der Waals surface area contributed by atoms with E-state index in [0.29, 0.717) is 6.42 Å². The van der Waals surface area contributed by atoms with Crippen molar-refractivity contribution in [2.75, 3.05) is 10.7 Å². The molecule has 138 valence electrons. The molecule has 0 aromatic heterocycles. The number of carboxylic acids is 1. The first-order valence-electron chi connectivity index (χ1n) is 8.28. The summed E-state index contributed by atoms with van der Waals surface area (Å²) >= 11 is 0. The van der Waals surface area contributed by atoms with Gasteiger partial charge in [0.2, 0.25) is 0 Å². The number of hydrogen-bond acceptors (Lipinski definition) is 4. The lowest BCUT2D eigenvalue weighted by Crippen LogP contribution is -2.35. The zero-order valence-electron chi connectivity index (χ0n) is 14.8. The lowest BCUT2D eigenvalue weighted by molar-refractivity contribution is -0.136. The second-order valence-electron chi connectivity index (χ2n) is 7.01. The van der Waals surface area contributed by atoms with E-state index in [9.17, 15) is 13.2 Å². The van der Waals surface area contributed by atoms with Gasteiger partial charge in [-0.25, -0.2) is 0 Å². The van der Waals surface area contributed by atoms with Gasteiger partial charge in [-0.1, -0.05) is 32.1 Å². The SMILES string of the molecule is CC1N(/C=C/CCS(=O)(=O)O)c2ccc(CCC(=O)O)cc2C1(C)C. The average molecular weight is 367 g/mol. The van der Waals surface area contributed by atoms with Crippen LogP contribution in [0.3, 0.4) is 0 Å². The fraction of sp³-hybridized carbons (Fsp3) is 0.500. The van der Waals surface area contributed by atoms with Gasteiger partial charge >= 0.3 is 5.97 Å². The lowest BCUT2D eigenvalue weighted by Gasteiger charge is -2.29. The van der Waals surface area contributed by atoms with Crippen molar-refractivity contribution in [3.63, 3.8) is 0 Å². The minimum atomic E-state index is -3.95. The molecule has 1 aromatic rings. The van der Waals surface area contributed by atoms with E-state index in [1.807, 2.05) is 18.3 Å². The highest BCUT2D eigenvalue weighted by atomic mass is 32.2. The van der Waals surface area contributed by atoms with Gasteiger partial charge in [-0.15, -0.1) is 0 Å². The molecule has 1 heterocycles. The highest BCUT2D eigenvalue weighted by molar-refractivity contribution is 7.85. The van der Waals surface area contributed by atoms with Crippen LogP contribution in [0.1, 0.15) is 44.7 Å². The third-order valence-electron chi connectivity index (χ3n) is 4.93. The van der Waals surface area contributed by atoms with Crippen molar-refractivity contribution < 1.29 is 22.9 Å². The first-order valence-corrected chi connectivity index (χ1v) is 9.88. The van der Waals surface area contributed by atoms with Crippen molar-refractivity contribution >= 4 is 21.8 Å². The predicted molar refractivity (Wildman–Crippen MR) is 97.5 cm³/mol. The van der Waals surface area contributed by atoms with Gasteiger partial charge < -0.3 is 10.0 Å². The van der Waals surface area contributed by atoms with E-state index in [-0.39, 0.29) is 30.1 Å². The monoisotopic (exact) mass is 367 g/mol. The van der Waals surface area contributed by atoms with Gasteiger partial charge in [-0.05, 0) is 37.0 Å². The Hall–Kier alpha value is -1.86. The third-order valence-corrected chi connectivity index (χ3v) is 5.68. The zero-order chi connectivity index (χ0) is 18.8. The van der Waals surface area contributed by atoms with Crippen LogP contribution in [0.25, 0.3) is 0 Å². The quantitative estimate of drug-likeness (QED) is 0.720. The van der Waals surface area contributed by atoms with E-state index in [4.69, 9.17) is 9.66 Å².